The SMILES string of the molecule is N/N=C(/c1ccc(C(F)(F)F)cn1)c1c(O)ccc2ccccc12. The maximum atomic E-state index is 12.7. The molecule has 0 aliphatic heterocycles. The molecule has 0 atom stereocenters. The van der Waals surface area contributed by atoms with E-state index < -0.39 is 11.7 Å². The molecule has 0 aliphatic carbocycles. The second-order valence-electron chi connectivity index (χ2n) is 5.09. The Balaban J connectivity index is 2.16. The topological polar surface area (TPSA) is 71.5 Å². The third-order valence-electron chi connectivity index (χ3n) is 3.61. The molecule has 4 nitrogen and oxygen atoms in total. The molecule has 0 saturated carbocycles. The van der Waals surface area contributed by atoms with Crippen LogP contribution >= 0.6 is 0 Å². The Morgan fingerprint density at radius 1 is 1.04 bits per heavy atom. The third kappa shape index (κ3) is 2.76. The van der Waals surface area contributed by atoms with Gasteiger partial charge in [-0.15, -0.1) is 0 Å². The average molecular weight is 331 g/mol. The minimum Gasteiger partial charge on any atom is -0.507 e. The second-order valence-corrected chi connectivity index (χ2v) is 5.09. The highest BCUT2D eigenvalue weighted by Gasteiger charge is 2.31. The molecule has 24 heavy (non-hydrogen) atoms. The van der Waals surface area contributed by atoms with Gasteiger partial charge >= 0.3 is 6.18 Å². The normalized spacial score (nSPS) is 12.5. The average Bonchev–Trinajstić information content (AvgIpc) is 2.57. The van der Waals surface area contributed by atoms with E-state index >= 15 is 0 Å². The van der Waals surface area contributed by atoms with Crippen molar-refractivity contribution < 1.29 is 18.3 Å². The first-order valence-electron chi connectivity index (χ1n) is 6.94. The Labute approximate surface area is 135 Å². The van der Waals surface area contributed by atoms with E-state index in [2.05, 4.69) is 10.1 Å². The zero-order chi connectivity index (χ0) is 17.3. The van der Waals surface area contributed by atoms with Crippen LogP contribution in [0.2, 0.25) is 0 Å². The number of alkyl halides is 3. The number of hydrogen-bond acceptors (Lipinski definition) is 4. The van der Waals surface area contributed by atoms with E-state index in [4.69, 9.17) is 5.84 Å². The van der Waals surface area contributed by atoms with Gasteiger partial charge in [-0.1, -0.05) is 30.3 Å². The van der Waals surface area contributed by atoms with Crippen molar-refractivity contribution in [2.75, 3.05) is 0 Å². The van der Waals surface area contributed by atoms with E-state index in [-0.39, 0.29) is 17.2 Å². The molecule has 0 spiro atoms. The number of phenolic OH excluding ortho intramolecular Hbond substituents is 1. The molecule has 2 aromatic carbocycles. The molecule has 0 aliphatic rings. The van der Waals surface area contributed by atoms with Crippen molar-refractivity contribution in [3.05, 3.63) is 71.5 Å². The molecular formula is C17H12F3N3O. The molecule has 3 N–H and O–H groups in total. The Morgan fingerprint density at radius 2 is 1.79 bits per heavy atom. The highest BCUT2D eigenvalue weighted by molar-refractivity contribution is 6.20. The molecule has 0 unspecified atom stereocenters. The fraction of sp³-hybridized carbons (Fsp3) is 0.0588. The highest BCUT2D eigenvalue weighted by atomic mass is 19.4. The first-order valence-corrected chi connectivity index (χ1v) is 6.94. The van der Waals surface area contributed by atoms with Crippen molar-refractivity contribution in [3.8, 4) is 5.75 Å². The van der Waals surface area contributed by atoms with Crippen molar-refractivity contribution in [2.24, 2.45) is 10.9 Å². The molecule has 0 amide bonds. The van der Waals surface area contributed by atoms with E-state index in [1.165, 1.54) is 12.1 Å². The van der Waals surface area contributed by atoms with Gasteiger partial charge in [-0.25, -0.2) is 0 Å². The Morgan fingerprint density at radius 3 is 2.42 bits per heavy atom. The molecule has 122 valence electrons. The van der Waals surface area contributed by atoms with Crippen LogP contribution in [0.4, 0.5) is 13.2 Å². The van der Waals surface area contributed by atoms with Crippen LogP contribution < -0.4 is 5.84 Å². The molecule has 7 heteroatoms. The van der Waals surface area contributed by atoms with Gasteiger partial charge < -0.3 is 10.9 Å². The van der Waals surface area contributed by atoms with Crippen molar-refractivity contribution in [3.63, 3.8) is 0 Å². The van der Waals surface area contributed by atoms with Gasteiger partial charge in [0.2, 0.25) is 0 Å². The van der Waals surface area contributed by atoms with Crippen molar-refractivity contribution in [1.29, 1.82) is 0 Å². The standard InChI is InChI=1S/C17H12F3N3O/c18-17(19,20)11-6-7-13(22-9-11)16(23-21)15-12-4-2-1-3-10(12)5-8-14(15)24/h1-9,24H,21H2/b23-16-. The van der Waals surface area contributed by atoms with Crippen LogP contribution in [-0.2, 0) is 6.18 Å². The quantitative estimate of drug-likeness (QED) is 0.427. The van der Waals surface area contributed by atoms with Crippen LogP contribution in [0.1, 0.15) is 16.8 Å². The fourth-order valence-corrected chi connectivity index (χ4v) is 2.47. The zero-order valence-electron chi connectivity index (χ0n) is 12.2. The molecule has 0 saturated heterocycles. The fourth-order valence-electron chi connectivity index (χ4n) is 2.47. The van der Waals surface area contributed by atoms with Gasteiger partial charge in [0.15, 0.2) is 0 Å². The van der Waals surface area contributed by atoms with Gasteiger partial charge in [0.25, 0.3) is 0 Å². The van der Waals surface area contributed by atoms with E-state index in [9.17, 15) is 18.3 Å². The minimum absolute atomic E-state index is 0.0837. The van der Waals surface area contributed by atoms with Gasteiger partial charge in [-0.3, -0.25) is 4.98 Å². The number of halogens is 3. The largest absolute Gasteiger partial charge is 0.507 e. The van der Waals surface area contributed by atoms with E-state index in [0.29, 0.717) is 17.1 Å². The maximum absolute atomic E-state index is 12.7. The number of hydrogen-bond donors (Lipinski definition) is 2. The van der Waals surface area contributed by atoms with Crippen LogP contribution in [0.25, 0.3) is 10.8 Å². The Kier molecular flexibility index (Phi) is 3.84. The Bertz CT molecular complexity index is 919. The first kappa shape index (κ1) is 15.8. The van der Waals surface area contributed by atoms with Gasteiger partial charge in [-0.05, 0) is 29.0 Å². The number of phenols is 1. The van der Waals surface area contributed by atoms with Gasteiger partial charge in [-0.2, -0.15) is 18.3 Å². The molecule has 0 bridgehead atoms. The summed E-state index contributed by atoms with van der Waals surface area (Å²) in [6.07, 6.45) is -3.77. The van der Waals surface area contributed by atoms with Crippen molar-refractivity contribution in [1.82, 2.24) is 4.98 Å². The summed E-state index contributed by atoms with van der Waals surface area (Å²) in [5.74, 6) is 5.35. The van der Waals surface area contributed by atoms with Crippen LogP contribution in [0.3, 0.4) is 0 Å². The number of hydrazone groups is 1. The van der Waals surface area contributed by atoms with Crippen LogP contribution in [-0.4, -0.2) is 15.8 Å². The molecule has 0 fully saturated rings. The number of rotatable bonds is 2. The van der Waals surface area contributed by atoms with E-state index in [0.717, 1.165) is 11.5 Å². The minimum atomic E-state index is -4.48. The molecule has 1 heterocycles. The lowest BCUT2D eigenvalue weighted by Crippen LogP contribution is -2.12. The summed E-state index contributed by atoms with van der Waals surface area (Å²) in [6, 6.07) is 12.5. The second kappa shape index (κ2) is 5.84. The van der Waals surface area contributed by atoms with Crippen molar-refractivity contribution >= 4 is 16.5 Å². The highest BCUT2D eigenvalue weighted by Crippen LogP contribution is 2.31. The summed E-state index contributed by atoms with van der Waals surface area (Å²) >= 11 is 0. The smallest absolute Gasteiger partial charge is 0.417 e. The number of fused-ring (bicyclic) bond motifs is 1. The number of pyridine rings is 1. The summed E-state index contributed by atoms with van der Waals surface area (Å²) < 4.78 is 38.0. The predicted octanol–water partition coefficient (Wildman–Crippen LogP) is 3.67. The molecule has 0 radical (unpaired) electrons. The van der Waals surface area contributed by atoms with Gasteiger partial charge in [0.1, 0.15) is 11.5 Å². The van der Waals surface area contributed by atoms with E-state index in [1.807, 2.05) is 12.1 Å². The van der Waals surface area contributed by atoms with Crippen LogP contribution in [0, 0.1) is 0 Å². The first-order chi connectivity index (χ1) is 11.4. The summed E-state index contributed by atoms with van der Waals surface area (Å²) in [5, 5.41) is 15.4. The zero-order valence-corrected chi connectivity index (χ0v) is 12.2. The third-order valence-corrected chi connectivity index (χ3v) is 3.61. The lowest BCUT2D eigenvalue weighted by Gasteiger charge is -2.12. The number of aromatic nitrogens is 1. The Hall–Kier alpha value is -3.09. The lowest BCUT2D eigenvalue weighted by molar-refractivity contribution is -0.137. The summed E-state index contributed by atoms with van der Waals surface area (Å²) in [7, 11) is 0. The van der Waals surface area contributed by atoms with Crippen molar-refractivity contribution in [2.45, 2.75) is 6.18 Å². The number of nitrogens with zero attached hydrogens (tertiary/aromatic N) is 2. The monoisotopic (exact) mass is 331 g/mol. The predicted molar refractivity (Wildman–Crippen MR) is 84.7 cm³/mol. The van der Waals surface area contributed by atoms with E-state index in [1.54, 1.807) is 18.2 Å². The summed E-state index contributed by atoms with van der Waals surface area (Å²) in [6.45, 7) is 0. The summed E-state index contributed by atoms with van der Waals surface area (Å²) in [4.78, 5) is 3.80. The molecule has 1 aromatic heterocycles. The number of aromatic hydroxyl groups is 1. The molecular weight excluding hydrogens is 319 g/mol. The van der Waals surface area contributed by atoms with Crippen LogP contribution in [0.15, 0.2) is 59.8 Å². The lowest BCUT2D eigenvalue weighted by atomic mass is 9.97. The maximum Gasteiger partial charge on any atom is 0.417 e. The number of benzene rings is 2. The molecule has 3 aromatic rings. The van der Waals surface area contributed by atoms with Crippen LogP contribution in [0.5, 0.6) is 5.75 Å². The molecule has 3 rings (SSSR count). The van der Waals surface area contributed by atoms with Gasteiger partial charge in [0, 0.05) is 6.20 Å². The number of nitrogens with two attached hydrogens (primary N) is 1. The summed E-state index contributed by atoms with van der Waals surface area (Å²) in [5.41, 5.74) is -0.303. The van der Waals surface area contributed by atoms with Gasteiger partial charge in [0.05, 0.1) is 16.8 Å².